The molecule has 0 bridgehead atoms. The molecule has 2 rings (SSSR count). The summed E-state index contributed by atoms with van der Waals surface area (Å²) in [6, 6.07) is 13.8. The van der Waals surface area contributed by atoms with Gasteiger partial charge in [-0.1, -0.05) is 30.4 Å². The highest BCUT2D eigenvalue weighted by Gasteiger charge is 2.10. The van der Waals surface area contributed by atoms with Crippen LogP contribution in [-0.4, -0.2) is 25.2 Å². The molecule has 0 heterocycles. The number of nitrogens with one attached hydrogen (secondary N) is 1. The Bertz CT molecular complexity index is 855. The van der Waals surface area contributed by atoms with E-state index in [0.29, 0.717) is 11.1 Å². The maximum Gasteiger partial charge on any atom is 0.256 e. The highest BCUT2D eigenvalue weighted by molar-refractivity contribution is 5.95. The number of rotatable bonds is 6. The minimum atomic E-state index is -0.361. The molecule has 0 fully saturated rings. The number of phenolic OH excluding ortho intramolecular Hbond substituents is 1. The summed E-state index contributed by atoms with van der Waals surface area (Å²) < 4.78 is 10.2. The van der Waals surface area contributed by atoms with E-state index < -0.39 is 0 Å². The second-order valence-corrected chi connectivity index (χ2v) is 5.15. The first-order valence-corrected chi connectivity index (χ1v) is 7.69. The molecule has 0 saturated heterocycles. The van der Waals surface area contributed by atoms with E-state index in [-0.39, 0.29) is 28.9 Å². The molecule has 0 aliphatic rings. The number of phenols is 1. The van der Waals surface area contributed by atoms with Gasteiger partial charge in [0.25, 0.3) is 5.91 Å². The molecule has 2 aromatic rings. The largest absolute Gasteiger partial charge is 0.502 e. The molecule has 0 spiro atoms. The fraction of sp³-hybridized carbons (Fsp3) is 0.100. The van der Waals surface area contributed by atoms with Gasteiger partial charge < -0.3 is 19.9 Å². The third kappa shape index (κ3) is 4.65. The summed E-state index contributed by atoms with van der Waals surface area (Å²) in [6.45, 7) is 0. The monoisotopic (exact) mass is 350 g/mol. The fourth-order valence-electron chi connectivity index (χ4n) is 2.16. The number of hydrogen-bond acceptors (Lipinski definition) is 5. The number of aromatic hydroxyl groups is 1. The van der Waals surface area contributed by atoms with E-state index in [1.165, 1.54) is 20.3 Å². The lowest BCUT2D eigenvalue weighted by atomic mass is 10.1. The maximum atomic E-state index is 12.1. The third-order valence-electron chi connectivity index (χ3n) is 3.46. The van der Waals surface area contributed by atoms with Gasteiger partial charge >= 0.3 is 0 Å². The maximum absolute atomic E-state index is 12.1. The number of allylic oxidation sites excluding steroid dienone is 3. The van der Waals surface area contributed by atoms with Gasteiger partial charge in [0.2, 0.25) is 5.75 Å². The van der Waals surface area contributed by atoms with Gasteiger partial charge in [0.05, 0.1) is 14.2 Å². The van der Waals surface area contributed by atoms with Crippen LogP contribution in [0.25, 0.3) is 6.08 Å². The van der Waals surface area contributed by atoms with Crippen LogP contribution in [0.15, 0.2) is 60.3 Å². The first-order valence-electron chi connectivity index (χ1n) is 7.69. The van der Waals surface area contributed by atoms with E-state index in [9.17, 15) is 15.2 Å². The zero-order chi connectivity index (χ0) is 18.9. The average Bonchev–Trinajstić information content (AvgIpc) is 2.68. The Balaban J connectivity index is 2.16. The Labute approximate surface area is 151 Å². The Morgan fingerprint density at radius 3 is 2.31 bits per heavy atom. The molecular weight excluding hydrogens is 332 g/mol. The lowest BCUT2D eigenvalue weighted by Gasteiger charge is -2.09. The number of carbonyl (C=O) groups is 1. The summed E-state index contributed by atoms with van der Waals surface area (Å²) in [4.78, 5) is 12.1. The molecule has 0 aromatic heterocycles. The fourth-order valence-corrected chi connectivity index (χ4v) is 2.16. The van der Waals surface area contributed by atoms with Crippen molar-refractivity contribution in [1.82, 2.24) is 5.32 Å². The number of nitrogens with zero attached hydrogens (tertiary/aromatic N) is 1. The molecule has 26 heavy (non-hydrogen) atoms. The van der Waals surface area contributed by atoms with Crippen molar-refractivity contribution in [3.63, 3.8) is 0 Å². The molecule has 0 saturated carbocycles. The molecule has 1 amide bonds. The summed E-state index contributed by atoms with van der Waals surface area (Å²) >= 11 is 0. The number of nitriles is 1. The topological polar surface area (TPSA) is 91.6 Å². The number of hydrogen-bond donors (Lipinski definition) is 2. The molecule has 2 aromatic carbocycles. The second-order valence-electron chi connectivity index (χ2n) is 5.15. The van der Waals surface area contributed by atoms with E-state index in [2.05, 4.69) is 5.32 Å². The van der Waals surface area contributed by atoms with Gasteiger partial charge in [-0.3, -0.25) is 4.79 Å². The van der Waals surface area contributed by atoms with Crippen molar-refractivity contribution in [2.45, 2.75) is 0 Å². The van der Waals surface area contributed by atoms with Crippen molar-refractivity contribution in [3.8, 4) is 23.3 Å². The van der Waals surface area contributed by atoms with Crippen molar-refractivity contribution in [1.29, 1.82) is 5.26 Å². The molecule has 132 valence electrons. The minimum absolute atomic E-state index is 0.0875. The highest BCUT2D eigenvalue weighted by Crippen LogP contribution is 2.37. The molecule has 0 aliphatic carbocycles. The summed E-state index contributed by atoms with van der Waals surface area (Å²) in [6.07, 6.45) is 4.78. The predicted octanol–water partition coefficient (Wildman–Crippen LogP) is 3.26. The van der Waals surface area contributed by atoms with Gasteiger partial charge in [0.15, 0.2) is 11.5 Å². The van der Waals surface area contributed by atoms with Gasteiger partial charge in [-0.05, 0) is 35.9 Å². The highest BCUT2D eigenvalue weighted by atomic mass is 16.5. The standard InChI is InChI=1S/C20H18N2O4/c1-25-17-11-14(12-18(26-2)19(17)23)7-6-10-16(13-21)22-20(24)15-8-4-3-5-9-15/h3-12,23H,1-2H3,(H,22,24)/b7-6+,16-10+. The summed E-state index contributed by atoms with van der Waals surface area (Å²) in [5.41, 5.74) is 1.26. The zero-order valence-corrected chi connectivity index (χ0v) is 14.4. The quantitative estimate of drug-likeness (QED) is 0.616. The first-order chi connectivity index (χ1) is 12.6. The van der Waals surface area contributed by atoms with Crippen molar-refractivity contribution in [2.24, 2.45) is 0 Å². The van der Waals surface area contributed by atoms with Crippen LogP contribution in [-0.2, 0) is 0 Å². The lowest BCUT2D eigenvalue weighted by Crippen LogP contribution is -2.21. The molecule has 2 N–H and O–H groups in total. The van der Waals surface area contributed by atoms with Crippen molar-refractivity contribution >= 4 is 12.0 Å². The number of methoxy groups -OCH3 is 2. The third-order valence-corrected chi connectivity index (χ3v) is 3.46. The normalized spacial score (nSPS) is 11.0. The second kappa shape index (κ2) is 8.94. The first kappa shape index (κ1) is 18.6. The Morgan fingerprint density at radius 2 is 1.77 bits per heavy atom. The summed E-state index contributed by atoms with van der Waals surface area (Å²) in [5, 5.41) is 21.6. The lowest BCUT2D eigenvalue weighted by molar-refractivity contribution is 0.0967. The van der Waals surface area contributed by atoms with Crippen LogP contribution in [0.5, 0.6) is 17.2 Å². The van der Waals surface area contributed by atoms with Crippen LogP contribution in [0, 0.1) is 11.3 Å². The van der Waals surface area contributed by atoms with E-state index in [1.807, 2.05) is 6.07 Å². The average molecular weight is 350 g/mol. The predicted molar refractivity (Wildman–Crippen MR) is 97.8 cm³/mol. The van der Waals surface area contributed by atoms with Crippen LogP contribution in [0.4, 0.5) is 0 Å². The molecule has 0 unspecified atom stereocenters. The molecule has 6 heteroatoms. The van der Waals surface area contributed by atoms with Crippen LogP contribution < -0.4 is 14.8 Å². The number of benzene rings is 2. The molecule has 0 radical (unpaired) electrons. The van der Waals surface area contributed by atoms with Gasteiger partial charge in [-0.2, -0.15) is 5.26 Å². The van der Waals surface area contributed by atoms with Crippen molar-refractivity contribution in [2.75, 3.05) is 14.2 Å². The van der Waals surface area contributed by atoms with Crippen molar-refractivity contribution in [3.05, 3.63) is 71.4 Å². The van der Waals surface area contributed by atoms with Crippen molar-refractivity contribution < 1.29 is 19.4 Å². The van der Waals surface area contributed by atoms with Gasteiger partial charge in [0.1, 0.15) is 11.8 Å². The van der Waals surface area contributed by atoms with E-state index in [0.717, 1.165) is 0 Å². The van der Waals surface area contributed by atoms with Gasteiger partial charge in [-0.15, -0.1) is 0 Å². The summed E-state index contributed by atoms with van der Waals surface area (Å²) in [7, 11) is 2.88. The molecule has 0 aliphatic heterocycles. The smallest absolute Gasteiger partial charge is 0.256 e. The van der Waals surface area contributed by atoms with Gasteiger partial charge in [0, 0.05) is 5.56 Å². The van der Waals surface area contributed by atoms with Crippen LogP contribution in [0.3, 0.4) is 0 Å². The van der Waals surface area contributed by atoms with Crippen LogP contribution >= 0.6 is 0 Å². The SMILES string of the molecule is COc1cc(/C=C/C=C(\C#N)NC(=O)c2ccccc2)cc(OC)c1O. The van der Waals surface area contributed by atoms with Gasteiger partial charge in [-0.25, -0.2) is 0 Å². The van der Waals surface area contributed by atoms with E-state index in [4.69, 9.17) is 9.47 Å². The van der Waals surface area contributed by atoms with Crippen LogP contribution in [0.1, 0.15) is 15.9 Å². The number of ether oxygens (including phenoxy) is 2. The molecule has 0 atom stereocenters. The Morgan fingerprint density at radius 1 is 1.15 bits per heavy atom. The Hall–Kier alpha value is -3.72. The van der Waals surface area contributed by atoms with Crippen LogP contribution in [0.2, 0.25) is 0 Å². The zero-order valence-electron chi connectivity index (χ0n) is 14.4. The Kier molecular flexibility index (Phi) is 6.40. The van der Waals surface area contributed by atoms with E-state index >= 15 is 0 Å². The van der Waals surface area contributed by atoms with E-state index in [1.54, 1.807) is 54.6 Å². The summed E-state index contributed by atoms with van der Waals surface area (Å²) in [5.74, 6) is 0.0898. The minimum Gasteiger partial charge on any atom is -0.502 e. The number of carbonyl (C=O) groups excluding carboxylic acids is 1. The molecular formula is C20H18N2O4. The molecule has 6 nitrogen and oxygen atoms in total. The number of amides is 1.